The molecule has 3 atom stereocenters. The van der Waals surface area contributed by atoms with Crippen molar-refractivity contribution in [3.8, 4) is 0 Å². The Morgan fingerprint density at radius 2 is 2.05 bits per heavy atom. The van der Waals surface area contributed by atoms with E-state index in [1.165, 1.54) is 6.08 Å². The van der Waals surface area contributed by atoms with E-state index >= 15 is 0 Å². The number of aliphatic hydroxyl groups excluding tert-OH is 1. The maximum Gasteiger partial charge on any atom is 0.330 e. The predicted molar refractivity (Wildman–Crippen MR) is 80.8 cm³/mol. The lowest BCUT2D eigenvalue weighted by Gasteiger charge is -2.39. The molecule has 21 heavy (non-hydrogen) atoms. The van der Waals surface area contributed by atoms with Crippen molar-refractivity contribution in [1.29, 1.82) is 0 Å². The molecule has 1 heterocycles. The van der Waals surface area contributed by atoms with E-state index in [9.17, 15) is 9.90 Å². The monoisotopic (exact) mass is 294 g/mol. The molecule has 1 saturated heterocycles. The number of esters is 1. The molecular weight excluding hydrogens is 268 g/mol. The van der Waals surface area contributed by atoms with Crippen LogP contribution >= 0.6 is 0 Å². The van der Waals surface area contributed by atoms with E-state index in [1.807, 2.05) is 26.0 Å². The summed E-state index contributed by atoms with van der Waals surface area (Å²) >= 11 is 0. The Morgan fingerprint density at radius 3 is 2.62 bits per heavy atom. The van der Waals surface area contributed by atoms with Crippen molar-refractivity contribution in [2.75, 3.05) is 6.61 Å². The molecule has 2 fully saturated rings. The van der Waals surface area contributed by atoms with Gasteiger partial charge in [0.2, 0.25) is 0 Å². The second-order valence-corrected chi connectivity index (χ2v) is 6.99. The van der Waals surface area contributed by atoms with Crippen molar-refractivity contribution in [3.05, 3.63) is 23.8 Å². The average molecular weight is 294 g/mol. The van der Waals surface area contributed by atoms with Crippen LogP contribution in [0.3, 0.4) is 0 Å². The molecule has 0 spiro atoms. The Hall–Kier alpha value is -1.13. The van der Waals surface area contributed by atoms with Crippen molar-refractivity contribution in [2.24, 2.45) is 5.41 Å². The van der Waals surface area contributed by atoms with Gasteiger partial charge in [0.25, 0.3) is 0 Å². The summed E-state index contributed by atoms with van der Waals surface area (Å²) in [5.41, 5.74) is 0.0282. The van der Waals surface area contributed by atoms with Gasteiger partial charge in [-0.3, -0.25) is 0 Å². The second kappa shape index (κ2) is 5.25. The summed E-state index contributed by atoms with van der Waals surface area (Å²) in [6, 6.07) is 0. The van der Waals surface area contributed by atoms with Crippen LogP contribution in [0.15, 0.2) is 23.8 Å². The number of ether oxygens (including phenoxy) is 2. The normalized spacial score (nSPS) is 38.2. The van der Waals surface area contributed by atoms with Crippen LogP contribution in [0.2, 0.25) is 0 Å². The van der Waals surface area contributed by atoms with Gasteiger partial charge in [0.05, 0.1) is 12.7 Å². The molecule has 2 aliphatic rings. The molecule has 0 aromatic rings. The lowest BCUT2D eigenvalue weighted by Crippen LogP contribution is -2.46. The van der Waals surface area contributed by atoms with Crippen LogP contribution in [0.25, 0.3) is 0 Å². The minimum atomic E-state index is -0.358. The summed E-state index contributed by atoms with van der Waals surface area (Å²) in [4.78, 5) is 11.4. The highest BCUT2D eigenvalue weighted by Crippen LogP contribution is 2.66. The standard InChI is InChI=1S/C17H26O4/c1-6-20-14(19)9-12(2)7-8-17-15(3,4)10-13(18)11-16(17,5)21-17/h7-9,13,18H,6,10-11H2,1-5H3/b8-7+,12-9+/t13-,16+,17-/m0/s1. The maximum atomic E-state index is 11.4. The summed E-state index contributed by atoms with van der Waals surface area (Å²) in [6.07, 6.45) is 6.51. The minimum Gasteiger partial charge on any atom is -0.463 e. The molecule has 4 heteroatoms. The molecule has 0 radical (unpaired) electrons. The molecule has 2 rings (SSSR count). The summed E-state index contributed by atoms with van der Waals surface area (Å²) < 4.78 is 11.0. The topological polar surface area (TPSA) is 59.1 Å². The van der Waals surface area contributed by atoms with Crippen LogP contribution in [0.1, 0.15) is 47.5 Å². The Bertz CT molecular complexity index is 491. The highest BCUT2D eigenvalue weighted by atomic mass is 16.6. The molecule has 4 nitrogen and oxygen atoms in total. The van der Waals surface area contributed by atoms with E-state index in [2.05, 4.69) is 13.8 Å². The van der Waals surface area contributed by atoms with Crippen molar-refractivity contribution >= 4 is 5.97 Å². The number of carbonyl (C=O) groups is 1. The Morgan fingerprint density at radius 1 is 1.38 bits per heavy atom. The first-order valence-electron chi connectivity index (χ1n) is 7.58. The van der Waals surface area contributed by atoms with Gasteiger partial charge >= 0.3 is 5.97 Å². The third-order valence-electron chi connectivity index (χ3n) is 4.72. The Balaban J connectivity index is 2.15. The fourth-order valence-electron chi connectivity index (χ4n) is 3.74. The van der Waals surface area contributed by atoms with E-state index in [4.69, 9.17) is 9.47 Å². The van der Waals surface area contributed by atoms with Gasteiger partial charge in [-0.2, -0.15) is 0 Å². The van der Waals surface area contributed by atoms with Gasteiger partial charge in [-0.1, -0.05) is 19.9 Å². The summed E-state index contributed by atoms with van der Waals surface area (Å²) in [7, 11) is 0. The number of carbonyl (C=O) groups excluding carboxylic acids is 1. The van der Waals surface area contributed by atoms with E-state index in [0.717, 1.165) is 5.57 Å². The Labute approximate surface area is 126 Å². The van der Waals surface area contributed by atoms with Gasteiger partial charge in [0.15, 0.2) is 0 Å². The van der Waals surface area contributed by atoms with E-state index in [1.54, 1.807) is 6.92 Å². The first kappa shape index (κ1) is 16.2. The molecule has 0 aromatic carbocycles. The van der Waals surface area contributed by atoms with Gasteiger partial charge < -0.3 is 14.6 Å². The zero-order chi connectivity index (χ0) is 15.9. The fourth-order valence-corrected chi connectivity index (χ4v) is 3.74. The predicted octanol–water partition coefficient (Wildman–Crippen LogP) is 2.76. The molecular formula is C17H26O4. The highest BCUT2D eigenvalue weighted by molar-refractivity contribution is 5.83. The summed E-state index contributed by atoms with van der Waals surface area (Å²) in [6.45, 7) is 10.3. The largest absolute Gasteiger partial charge is 0.463 e. The maximum absolute atomic E-state index is 11.4. The van der Waals surface area contributed by atoms with Gasteiger partial charge in [-0.05, 0) is 38.8 Å². The minimum absolute atomic E-state index is 0.139. The SMILES string of the molecule is CCOC(=O)/C=C(C)/C=C/[C@@]12O[C@]1(C)C[C@@H](O)CC2(C)C. The zero-order valence-corrected chi connectivity index (χ0v) is 13.6. The molecule has 0 aromatic heterocycles. The van der Waals surface area contributed by atoms with Gasteiger partial charge in [-0.25, -0.2) is 4.79 Å². The smallest absolute Gasteiger partial charge is 0.330 e. The fraction of sp³-hybridized carbons (Fsp3) is 0.706. The average Bonchev–Trinajstić information content (AvgIpc) is 2.93. The second-order valence-electron chi connectivity index (χ2n) is 6.99. The Kier molecular flexibility index (Phi) is 4.06. The number of hydrogen-bond donors (Lipinski definition) is 1. The molecule has 0 bridgehead atoms. The van der Waals surface area contributed by atoms with Crippen LogP contribution in [-0.4, -0.2) is 35.0 Å². The summed E-state index contributed by atoms with van der Waals surface area (Å²) in [5.74, 6) is -0.324. The van der Waals surface area contributed by atoms with Gasteiger partial charge in [0, 0.05) is 17.9 Å². The lowest BCUT2D eigenvalue weighted by molar-refractivity contribution is -0.137. The van der Waals surface area contributed by atoms with Crippen molar-refractivity contribution < 1.29 is 19.4 Å². The number of rotatable bonds is 4. The van der Waals surface area contributed by atoms with Crippen LogP contribution in [-0.2, 0) is 14.3 Å². The van der Waals surface area contributed by atoms with Crippen LogP contribution < -0.4 is 0 Å². The quantitative estimate of drug-likeness (QED) is 0.375. The molecule has 0 amide bonds. The number of fused-ring (bicyclic) bond motifs is 1. The number of aliphatic hydroxyl groups is 1. The van der Waals surface area contributed by atoms with Gasteiger partial charge in [-0.15, -0.1) is 0 Å². The number of hydrogen-bond acceptors (Lipinski definition) is 4. The third kappa shape index (κ3) is 2.79. The number of epoxide rings is 1. The van der Waals surface area contributed by atoms with Crippen LogP contribution in [0.5, 0.6) is 0 Å². The van der Waals surface area contributed by atoms with Crippen molar-refractivity contribution in [1.82, 2.24) is 0 Å². The van der Waals surface area contributed by atoms with Crippen LogP contribution in [0, 0.1) is 5.41 Å². The van der Waals surface area contributed by atoms with Gasteiger partial charge in [0.1, 0.15) is 11.2 Å². The zero-order valence-electron chi connectivity index (χ0n) is 13.6. The van der Waals surface area contributed by atoms with E-state index in [-0.39, 0.29) is 28.7 Å². The molecule has 1 aliphatic carbocycles. The van der Waals surface area contributed by atoms with E-state index in [0.29, 0.717) is 19.4 Å². The summed E-state index contributed by atoms with van der Waals surface area (Å²) in [5, 5.41) is 10.0. The third-order valence-corrected chi connectivity index (χ3v) is 4.72. The number of allylic oxidation sites excluding steroid dienone is 2. The van der Waals surface area contributed by atoms with Crippen molar-refractivity contribution in [2.45, 2.75) is 64.8 Å². The molecule has 0 unspecified atom stereocenters. The van der Waals surface area contributed by atoms with E-state index < -0.39 is 0 Å². The molecule has 1 aliphatic heterocycles. The first-order chi connectivity index (χ1) is 9.66. The first-order valence-corrected chi connectivity index (χ1v) is 7.58. The molecule has 118 valence electrons. The van der Waals surface area contributed by atoms with Crippen molar-refractivity contribution in [3.63, 3.8) is 0 Å². The van der Waals surface area contributed by atoms with Crippen LogP contribution in [0.4, 0.5) is 0 Å². The molecule has 1 saturated carbocycles. The molecule has 1 N–H and O–H groups in total. The lowest BCUT2D eigenvalue weighted by atomic mass is 9.63. The highest BCUT2D eigenvalue weighted by Gasteiger charge is 2.74.